The summed E-state index contributed by atoms with van der Waals surface area (Å²) in [4.78, 5) is 8.95. The average Bonchev–Trinajstić information content (AvgIpc) is 2.83. The lowest BCUT2D eigenvalue weighted by Crippen LogP contribution is -2.18. The summed E-state index contributed by atoms with van der Waals surface area (Å²) in [7, 11) is 0. The molecule has 1 aliphatic rings. The van der Waals surface area contributed by atoms with E-state index in [1.54, 1.807) is 24.8 Å². The normalized spacial score (nSPS) is 19.4. The Morgan fingerprint density at radius 1 is 1.19 bits per heavy atom. The van der Waals surface area contributed by atoms with Crippen LogP contribution in [-0.2, 0) is 6.42 Å². The fourth-order valence-electron chi connectivity index (χ4n) is 4.84. The van der Waals surface area contributed by atoms with Crippen LogP contribution in [0.15, 0.2) is 58.1 Å². The lowest BCUT2D eigenvalue weighted by molar-refractivity contribution is 0.279. The van der Waals surface area contributed by atoms with Crippen LogP contribution in [0.3, 0.4) is 0 Å². The van der Waals surface area contributed by atoms with Crippen LogP contribution in [0.25, 0.3) is 5.57 Å². The number of aliphatic imine (C=N–C) groups is 2. The van der Waals surface area contributed by atoms with Crippen molar-refractivity contribution in [3.05, 3.63) is 65.1 Å². The number of rotatable bonds is 11. The van der Waals surface area contributed by atoms with Gasteiger partial charge in [0.2, 0.25) is 0 Å². The van der Waals surface area contributed by atoms with E-state index in [-0.39, 0.29) is 11.2 Å². The molecule has 36 heavy (non-hydrogen) atoms. The van der Waals surface area contributed by atoms with Gasteiger partial charge in [-0.1, -0.05) is 83.0 Å². The molecule has 198 valence electrons. The Labute approximate surface area is 223 Å². The van der Waals surface area contributed by atoms with Gasteiger partial charge in [-0.25, -0.2) is 4.39 Å². The lowest BCUT2D eigenvalue weighted by Gasteiger charge is -2.26. The summed E-state index contributed by atoms with van der Waals surface area (Å²) in [5, 5.41) is 3.54. The van der Waals surface area contributed by atoms with Gasteiger partial charge >= 0.3 is 0 Å². The third-order valence-corrected chi connectivity index (χ3v) is 7.66. The summed E-state index contributed by atoms with van der Waals surface area (Å²) in [5.41, 5.74) is 3.89. The average molecular weight is 514 g/mol. The van der Waals surface area contributed by atoms with Crippen molar-refractivity contribution < 1.29 is 4.39 Å². The number of allylic oxidation sites excluding steroid dienone is 3. The summed E-state index contributed by atoms with van der Waals surface area (Å²) in [6.07, 6.45) is 12.7. The predicted molar refractivity (Wildman–Crippen MR) is 156 cm³/mol. The summed E-state index contributed by atoms with van der Waals surface area (Å²) >= 11 is 6.11. The van der Waals surface area contributed by atoms with Crippen LogP contribution < -0.4 is 5.32 Å². The standard InChI is InChI=1S/C31H45ClFN3/c1-7-25(26-13-15-34-20-29(32)21-36-22-35-16-14-26)10-9-24(4)27-11-12-28(30(33)18-27)17-23(3)19-31(5,6)8-2/h11-12,18,20-22,25-26H,3-4,7-10,13-17,19H2,1-2,5-6H3,(H,35,36)/b29-21+,34-20?. The van der Waals surface area contributed by atoms with Crippen molar-refractivity contribution in [2.45, 2.75) is 79.1 Å². The first-order valence-corrected chi connectivity index (χ1v) is 13.8. The summed E-state index contributed by atoms with van der Waals surface area (Å²) in [6.45, 7) is 18.9. The maximum Gasteiger partial charge on any atom is 0.127 e. The van der Waals surface area contributed by atoms with E-state index in [9.17, 15) is 4.39 Å². The van der Waals surface area contributed by atoms with E-state index >= 15 is 0 Å². The minimum Gasteiger partial charge on any atom is -0.352 e. The second-order valence-corrected chi connectivity index (χ2v) is 11.3. The first-order chi connectivity index (χ1) is 17.1. The molecule has 0 amide bonds. The van der Waals surface area contributed by atoms with Gasteiger partial charge in [0, 0.05) is 25.5 Å². The minimum absolute atomic E-state index is 0.160. The van der Waals surface area contributed by atoms with Crippen LogP contribution in [0.2, 0.25) is 0 Å². The van der Waals surface area contributed by atoms with Crippen molar-refractivity contribution in [2.75, 3.05) is 13.1 Å². The molecule has 5 heteroatoms. The fraction of sp³-hybridized carbons (Fsp3) is 0.548. The molecule has 1 aromatic carbocycles. The molecule has 0 fully saturated rings. The second-order valence-electron chi connectivity index (χ2n) is 10.8. The molecule has 2 atom stereocenters. The van der Waals surface area contributed by atoms with E-state index in [2.05, 4.69) is 56.2 Å². The monoisotopic (exact) mass is 513 g/mol. The SMILES string of the molecule is C=C(Cc1ccc(C(=C)CCC(CC)C2CCN=CN/C=C(/Cl)C=NCC2)cc1F)CC(C)(C)CC. The molecule has 0 saturated heterocycles. The van der Waals surface area contributed by atoms with Crippen LogP contribution in [0.1, 0.15) is 83.8 Å². The molecule has 1 aromatic rings. The van der Waals surface area contributed by atoms with Crippen molar-refractivity contribution in [3.8, 4) is 0 Å². The van der Waals surface area contributed by atoms with Gasteiger partial charge in [-0.05, 0) is 78.5 Å². The Bertz CT molecular complexity index is 961. The first kappa shape index (κ1) is 30.0. The molecule has 0 spiro atoms. The number of hydrogen-bond donors (Lipinski definition) is 1. The number of nitrogens with zero attached hydrogens (tertiary/aromatic N) is 2. The van der Waals surface area contributed by atoms with Crippen molar-refractivity contribution >= 4 is 29.7 Å². The van der Waals surface area contributed by atoms with Crippen LogP contribution in [0.5, 0.6) is 0 Å². The largest absolute Gasteiger partial charge is 0.352 e. The van der Waals surface area contributed by atoms with E-state index in [0.717, 1.165) is 74.7 Å². The van der Waals surface area contributed by atoms with Gasteiger partial charge in [0.15, 0.2) is 0 Å². The highest BCUT2D eigenvalue weighted by Crippen LogP contribution is 2.32. The Morgan fingerprint density at radius 3 is 2.58 bits per heavy atom. The summed E-state index contributed by atoms with van der Waals surface area (Å²) in [6, 6.07) is 5.58. The van der Waals surface area contributed by atoms with E-state index in [0.29, 0.717) is 28.9 Å². The molecule has 0 bridgehead atoms. The molecule has 1 heterocycles. The Hall–Kier alpha value is -2.20. The van der Waals surface area contributed by atoms with Crippen molar-refractivity contribution in [2.24, 2.45) is 27.2 Å². The van der Waals surface area contributed by atoms with Gasteiger partial charge < -0.3 is 5.32 Å². The van der Waals surface area contributed by atoms with Crippen LogP contribution in [0.4, 0.5) is 4.39 Å². The number of halogens is 2. The van der Waals surface area contributed by atoms with Gasteiger partial charge in [0.25, 0.3) is 0 Å². The highest BCUT2D eigenvalue weighted by atomic mass is 35.5. The molecule has 2 unspecified atom stereocenters. The topological polar surface area (TPSA) is 36.8 Å². The highest BCUT2D eigenvalue weighted by Gasteiger charge is 2.21. The van der Waals surface area contributed by atoms with Crippen molar-refractivity contribution in [1.82, 2.24) is 5.32 Å². The van der Waals surface area contributed by atoms with Crippen molar-refractivity contribution in [3.63, 3.8) is 0 Å². The van der Waals surface area contributed by atoms with Crippen LogP contribution in [-0.4, -0.2) is 25.6 Å². The molecular weight excluding hydrogens is 469 g/mol. The van der Waals surface area contributed by atoms with Crippen molar-refractivity contribution in [1.29, 1.82) is 0 Å². The third kappa shape index (κ3) is 10.4. The summed E-state index contributed by atoms with van der Waals surface area (Å²) in [5.74, 6) is 0.910. The van der Waals surface area contributed by atoms with Crippen LogP contribution >= 0.6 is 11.6 Å². The zero-order valence-electron chi connectivity index (χ0n) is 22.8. The van der Waals surface area contributed by atoms with Gasteiger partial charge in [-0.3, -0.25) is 9.98 Å². The molecule has 1 aliphatic heterocycles. The van der Waals surface area contributed by atoms with Gasteiger partial charge in [0.1, 0.15) is 5.82 Å². The quantitative estimate of drug-likeness (QED) is 0.295. The van der Waals surface area contributed by atoms with E-state index in [1.165, 1.54) is 0 Å². The van der Waals surface area contributed by atoms with E-state index < -0.39 is 0 Å². The lowest BCUT2D eigenvalue weighted by atomic mass is 9.80. The fourth-order valence-corrected chi connectivity index (χ4v) is 4.97. The Balaban J connectivity index is 1.97. The minimum atomic E-state index is -0.160. The molecule has 0 saturated carbocycles. The number of benzene rings is 1. The first-order valence-electron chi connectivity index (χ1n) is 13.4. The maximum atomic E-state index is 15.0. The van der Waals surface area contributed by atoms with E-state index in [1.807, 2.05) is 12.1 Å². The van der Waals surface area contributed by atoms with Gasteiger partial charge in [-0.15, -0.1) is 0 Å². The van der Waals surface area contributed by atoms with Gasteiger partial charge in [0.05, 0.1) is 11.4 Å². The molecule has 3 nitrogen and oxygen atoms in total. The zero-order valence-corrected chi connectivity index (χ0v) is 23.5. The van der Waals surface area contributed by atoms with Gasteiger partial charge in [-0.2, -0.15) is 0 Å². The van der Waals surface area contributed by atoms with Crippen LogP contribution in [0, 0.1) is 23.1 Å². The number of nitrogens with one attached hydrogen (secondary N) is 1. The molecule has 0 radical (unpaired) electrons. The Morgan fingerprint density at radius 2 is 1.92 bits per heavy atom. The predicted octanol–water partition coefficient (Wildman–Crippen LogP) is 8.75. The van der Waals surface area contributed by atoms with E-state index in [4.69, 9.17) is 11.6 Å². The highest BCUT2D eigenvalue weighted by molar-refractivity contribution is 6.39. The second kappa shape index (κ2) is 15.1. The summed E-state index contributed by atoms with van der Waals surface area (Å²) < 4.78 is 15.0. The molecule has 0 aromatic heterocycles. The third-order valence-electron chi connectivity index (χ3n) is 7.46. The molecule has 0 aliphatic carbocycles. The zero-order chi connectivity index (χ0) is 26.6. The Kier molecular flexibility index (Phi) is 12.6. The molecule has 2 rings (SSSR count). The maximum absolute atomic E-state index is 15.0. The number of hydrogen-bond acceptors (Lipinski definition) is 3. The smallest absolute Gasteiger partial charge is 0.127 e. The molecular formula is C31H45ClFN3. The molecule has 1 N–H and O–H groups in total.